The molecule has 2 atom stereocenters. The van der Waals surface area contributed by atoms with Crippen LogP contribution < -0.4 is 10.6 Å². The van der Waals surface area contributed by atoms with Crippen LogP contribution in [0.3, 0.4) is 0 Å². The van der Waals surface area contributed by atoms with Gasteiger partial charge in [-0.3, -0.25) is 4.99 Å². The predicted molar refractivity (Wildman–Crippen MR) is 123 cm³/mol. The van der Waals surface area contributed by atoms with Gasteiger partial charge in [0.25, 0.3) is 0 Å². The molecule has 2 unspecified atom stereocenters. The van der Waals surface area contributed by atoms with Crippen molar-refractivity contribution >= 4 is 5.96 Å². The normalized spacial score (nSPS) is 19.5. The van der Waals surface area contributed by atoms with E-state index in [2.05, 4.69) is 71.1 Å². The third kappa shape index (κ3) is 6.57. The first-order valence-corrected chi connectivity index (χ1v) is 11.0. The van der Waals surface area contributed by atoms with Crippen molar-refractivity contribution in [3.05, 3.63) is 70.8 Å². The summed E-state index contributed by atoms with van der Waals surface area (Å²) in [5.74, 6) is 1.25. The van der Waals surface area contributed by atoms with Crippen LogP contribution in [0.5, 0.6) is 0 Å². The highest BCUT2D eigenvalue weighted by Crippen LogP contribution is 2.33. The topological polar surface area (TPSA) is 54.9 Å². The molecule has 0 aromatic heterocycles. The molecule has 1 heterocycles. The molecule has 5 nitrogen and oxygen atoms in total. The third-order valence-corrected chi connectivity index (χ3v) is 5.56. The maximum absolute atomic E-state index is 6.14. The molecule has 162 valence electrons. The molecular weight excluding hydrogens is 374 g/mol. The number of nitrogens with one attached hydrogen (secondary N) is 2. The largest absolute Gasteiger partial charge is 0.377 e. The fourth-order valence-electron chi connectivity index (χ4n) is 3.78. The van der Waals surface area contributed by atoms with Gasteiger partial charge in [-0.2, -0.15) is 0 Å². The summed E-state index contributed by atoms with van der Waals surface area (Å²) in [4.78, 5) is 4.39. The number of rotatable bonds is 8. The molecule has 30 heavy (non-hydrogen) atoms. The van der Waals surface area contributed by atoms with Gasteiger partial charge >= 0.3 is 0 Å². The van der Waals surface area contributed by atoms with Gasteiger partial charge in [0.1, 0.15) is 0 Å². The summed E-state index contributed by atoms with van der Waals surface area (Å²) in [6, 6.07) is 17.2. The lowest BCUT2D eigenvalue weighted by Gasteiger charge is -2.32. The molecule has 0 amide bonds. The van der Waals surface area contributed by atoms with Crippen molar-refractivity contribution in [3.8, 4) is 0 Å². The minimum atomic E-state index is 0.142. The lowest BCUT2D eigenvalue weighted by atomic mass is 9.89. The third-order valence-electron chi connectivity index (χ3n) is 5.56. The Balaban J connectivity index is 1.50. The molecule has 0 spiro atoms. The van der Waals surface area contributed by atoms with Gasteiger partial charge in [0, 0.05) is 39.3 Å². The lowest BCUT2D eigenvalue weighted by molar-refractivity contribution is -0.0265. The quantitative estimate of drug-likeness (QED) is 0.502. The van der Waals surface area contributed by atoms with E-state index in [0.717, 1.165) is 45.1 Å². The van der Waals surface area contributed by atoms with Gasteiger partial charge in [0.05, 0.1) is 12.7 Å². The summed E-state index contributed by atoms with van der Waals surface area (Å²) in [6.07, 6.45) is 2.40. The van der Waals surface area contributed by atoms with E-state index in [0.29, 0.717) is 12.5 Å². The lowest BCUT2D eigenvalue weighted by Crippen LogP contribution is -2.41. The second-order valence-corrected chi connectivity index (χ2v) is 7.86. The van der Waals surface area contributed by atoms with Crippen LogP contribution >= 0.6 is 0 Å². The molecular formula is C25H35N3O2. The van der Waals surface area contributed by atoms with Crippen LogP contribution in [0.25, 0.3) is 0 Å². The number of hydrogen-bond donors (Lipinski definition) is 2. The molecule has 1 fully saturated rings. The van der Waals surface area contributed by atoms with Crippen LogP contribution in [0.1, 0.15) is 48.1 Å². The molecule has 0 bridgehead atoms. The van der Waals surface area contributed by atoms with Crippen LogP contribution in [-0.4, -0.2) is 32.8 Å². The van der Waals surface area contributed by atoms with Gasteiger partial charge < -0.3 is 20.1 Å². The van der Waals surface area contributed by atoms with Gasteiger partial charge in [-0.1, -0.05) is 54.1 Å². The zero-order valence-corrected chi connectivity index (χ0v) is 18.5. The second-order valence-electron chi connectivity index (χ2n) is 7.86. The Morgan fingerprint density at radius 2 is 1.80 bits per heavy atom. The molecule has 0 radical (unpaired) electrons. The van der Waals surface area contributed by atoms with Crippen LogP contribution in [0, 0.1) is 12.8 Å². The monoisotopic (exact) mass is 409 g/mol. The van der Waals surface area contributed by atoms with Gasteiger partial charge in [0.15, 0.2) is 5.96 Å². The Hall–Kier alpha value is -2.37. The number of aryl methyl sites for hydroxylation is 1. The van der Waals surface area contributed by atoms with Crippen molar-refractivity contribution in [2.45, 2.75) is 45.9 Å². The second kappa shape index (κ2) is 11.7. The summed E-state index contributed by atoms with van der Waals surface area (Å²) in [6.45, 7) is 7.94. The summed E-state index contributed by atoms with van der Waals surface area (Å²) in [5, 5.41) is 6.92. The van der Waals surface area contributed by atoms with Crippen molar-refractivity contribution < 1.29 is 9.47 Å². The highest BCUT2D eigenvalue weighted by molar-refractivity contribution is 5.79. The molecule has 2 aromatic rings. The van der Waals surface area contributed by atoms with E-state index < -0.39 is 0 Å². The molecule has 5 heteroatoms. The van der Waals surface area contributed by atoms with Gasteiger partial charge in [0.2, 0.25) is 0 Å². The van der Waals surface area contributed by atoms with Crippen molar-refractivity contribution in [1.29, 1.82) is 0 Å². The number of benzene rings is 2. The van der Waals surface area contributed by atoms with E-state index in [9.17, 15) is 0 Å². The zero-order chi connectivity index (χ0) is 21.2. The first kappa shape index (κ1) is 22.3. The van der Waals surface area contributed by atoms with Crippen LogP contribution in [-0.2, 0) is 22.6 Å². The highest BCUT2D eigenvalue weighted by atomic mass is 16.5. The standard InChI is InChI=1S/C25H35N3O2/c1-4-29-18-21-11-9-20(10-12-21)16-27-25(26-3)28-17-23-6-5-15-30-24(23)22-13-7-19(2)8-14-22/h7-14,23-24H,4-6,15-18H2,1-3H3,(H2,26,27,28). The fourth-order valence-corrected chi connectivity index (χ4v) is 3.78. The summed E-state index contributed by atoms with van der Waals surface area (Å²) in [5.41, 5.74) is 4.96. The number of guanidine groups is 1. The van der Waals surface area contributed by atoms with Gasteiger partial charge in [-0.25, -0.2) is 0 Å². The van der Waals surface area contributed by atoms with E-state index in [1.807, 2.05) is 14.0 Å². The average molecular weight is 410 g/mol. The fraction of sp³-hybridized carbons (Fsp3) is 0.480. The SMILES string of the molecule is CCOCc1ccc(CNC(=NC)NCC2CCCOC2c2ccc(C)cc2)cc1. The molecule has 3 rings (SSSR count). The zero-order valence-electron chi connectivity index (χ0n) is 18.5. The number of ether oxygens (including phenoxy) is 2. The molecule has 1 aliphatic heterocycles. The van der Waals surface area contributed by atoms with E-state index in [1.54, 1.807) is 0 Å². The number of aliphatic imine (C=N–C) groups is 1. The first-order chi connectivity index (χ1) is 14.7. The van der Waals surface area contributed by atoms with Crippen molar-refractivity contribution in [2.75, 3.05) is 26.8 Å². The number of nitrogens with zero attached hydrogens (tertiary/aromatic N) is 1. The minimum absolute atomic E-state index is 0.142. The Morgan fingerprint density at radius 1 is 1.07 bits per heavy atom. The van der Waals surface area contributed by atoms with E-state index in [4.69, 9.17) is 9.47 Å². The molecule has 2 N–H and O–H groups in total. The molecule has 1 aliphatic rings. The summed E-state index contributed by atoms with van der Waals surface area (Å²) < 4.78 is 11.6. The molecule has 2 aromatic carbocycles. The van der Waals surface area contributed by atoms with E-state index in [-0.39, 0.29) is 6.10 Å². The average Bonchev–Trinajstić information content (AvgIpc) is 2.79. The van der Waals surface area contributed by atoms with Crippen molar-refractivity contribution in [3.63, 3.8) is 0 Å². The molecule has 0 aliphatic carbocycles. The minimum Gasteiger partial charge on any atom is -0.377 e. The van der Waals surface area contributed by atoms with Gasteiger partial charge in [-0.15, -0.1) is 0 Å². The van der Waals surface area contributed by atoms with Crippen LogP contribution in [0.4, 0.5) is 0 Å². The van der Waals surface area contributed by atoms with Crippen LogP contribution in [0.15, 0.2) is 53.5 Å². The van der Waals surface area contributed by atoms with E-state index in [1.165, 1.54) is 22.3 Å². The smallest absolute Gasteiger partial charge is 0.191 e. The predicted octanol–water partition coefficient (Wildman–Crippen LogP) is 4.36. The Morgan fingerprint density at radius 3 is 2.50 bits per heavy atom. The molecule has 1 saturated heterocycles. The van der Waals surface area contributed by atoms with Crippen LogP contribution in [0.2, 0.25) is 0 Å². The van der Waals surface area contributed by atoms with Crippen molar-refractivity contribution in [2.24, 2.45) is 10.9 Å². The Labute approximate surface area is 180 Å². The first-order valence-electron chi connectivity index (χ1n) is 11.0. The Kier molecular flexibility index (Phi) is 8.72. The van der Waals surface area contributed by atoms with E-state index >= 15 is 0 Å². The molecule has 0 saturated carbocycles. The highest BCUT2D eigenvalue weighted by Gasteiger charge is 2.27. The maximum atomic E-state index is 6.14. The van der Waals surface area contributed by atoms with Gasteiger partial charge in [-0.05, 0) is 43.4 Å². The number of hydrogen-bond acceptors (Lipinski definition) is 3. The summed E-state index contributed by atoms with van der Waals surface area (Å²) >= 11 is 0. The van der Waals surface area contributed by atoms with Crippen molar-refractivity contribution in [1.82, 2.24) is 10.6 Å². The maximum Gasteiger partial charge on any atom is 0.191 e. The summed E-state index contributed by atoms with van der Waals surface area (Å²) in [7, 11) is 1.81. The Bertz CT molecular complexity index is 787.